The molecule has 1 amide bonds. The fourth-order valence-electron chi connectivity index (χ4n) is 3.89. The summed E-state index contributed by atoms with van der Waals surface area (Å²) in [5.74, 6) is 1.31. The quantitative estimate of drug-likeness (QED) is 0.744. The Kier molecular flexibility index (Phi) is 4.86. The first-order chi connectivity index (χ1) is 13.5. The van der Waals surface area contributed by atoms with Crippen molar-refractivity contribution in [1.29, 1.82) is 0 Å². The number of amides is 1. The zero-order chi connectivity index (χ0) is 19.7. The van der Waals surface area contributed by atoms with Gasteiger partial charge in [-0.25, -0.2) is 0 Å². The molecule has 1 saturated heterocycles. The molecular formula is C22H23N3O3. The van der Waals surface area contributed by atoms with Gasteiger partial charge in [-0.2, -0.15) is 0 Å². The molecule has 0 aliphatic carbocycles. The van der Waals surface area contributed by atoms with Crippen LogP contribution < -0.4 is 0 Å². The second-order valence-corrected chi connectivity index (χ2v) is 7.28. The predicted molar refractivity (Wildman–Crippen MR) is 105 cm³/mol. The van der Waals surface area contributed by atoms with Gasteiger partial charge < -0.3 is 14.5 Å². The van der Waals surface area contributed by atoms with Gasteiger partial charge in [-0.1, -0.05) is 5.16 Å². The minimum atomic E-state index is 0.0101. The molecule has 1 aliphatic rings. The van der Waals surface area contributed by atoms with E-state index in [0.29, 0.717) is 24.6 Å². The van der Waals surface area contributed by atoms with Crippen LogP contribution in [0.2, 0.25) is 0 Å². The maximum atomic E-state index is 12.7. The highest BCUT2D eigenvalue weighted by Crippen LogP contribution is 2.32. The summed E-state index contributed by atoms with van der Waals surface area (Å²) < 4.78 is 5.29. The molecule has 4 rings (SSSR count). The lowest BCUT2D eigenvalue weighted by molar-refractivity contribution is 0.0712. The van der Waals surface area contributed by atoms with E-state index in [9.17, 15) is 9.90 Å². The van der Waals surface area contributed by atoms with Crippen LogP contribution in [0.3, 0.4) is 0 Å². The van der Waals surface area contributed by atoms with Crippen molar-refractivity contribution in [2.75, 3.05) is 13.1 Å². The van der Waals surface area contributed by atoms with E-state index in [1.807, 2.05) is 31.0 Å². The number of carbonyl (C=O) groups excluding carboxylic acids is 1. The van der Waals surface area contributed by atoms with Crippen molar-refractivity contribution in [3.05, 3.63) is 65.3 Å². The molecule has 0 bridgehead atoms. The van der Waals surface area contributed by atoms with Crippen molar-refractivity contribution >= 4 is 5.91 Å². The number of hydrogen-bond acceptors (Lipinski definition) is 5. The molecular weight excluding hydrogens is 354 g/mol. The summed E-state index contributed by atoms with van der Waals surface area (Å²) >= 11 is 0. The van der Waals surface area contributed by atoms with Gasteiger partial charge in [0.05, 0.1) is 5.69 Å². The van der Waals surface area contributed by atoms with E-state index < -0.39 is 0 Å². The van der Waals surface area contributed by atoms with Gasteiger partial charge in [-0.3, -0.25) is 9.78 Å². The van der Waals surface area contributed by atoms with Crippen LogP contribution >= 0.6 is 0 Å². The van der Waals surface area contributed by atoms with E-state index >= 15 is 0 Å². The molecule has 0 atom stereocenters. The lowest BCUT2D eigenvalue weighted by atomic mass is 9.91. The third kappa shape index (κ3) is 3.50. The average Bonchev–Trinajstić information content (AvgIpc) is 3.06. The number of rotatable bonds is 3. The Morgan fingerprint density at radius 3 is 2.50 bits per heavy atom. The monoisotopic (exact) mass is 377 g/mol. The molecule has 6 heteroatoms. The maximum Gasteiger partial charge on any atom is 0.253 e. The van der Waals surface area contributed by atoms with Crippen molar-refractivity contribution in [2.45, 2.75) is 32.6 Å². The maximum absolute atomic E-state index is 12.7. The fraction of sp³-hybridized carbons (Fsp3) is 0.318. The van der Waals surface area contributed by atoms with Crippen molar-refractivity contribution in [2.24, 2.45) is 0 Å². The number of aromatic hydroxyl groups is 1. The highest BCUT2D eigenvalue weighted by atomic mass is 16.5. The van der Waals surface area contributed by atoms with Crippen LogP contribution in [0.25, 0.3) is 11.1 Å². The number of phenolic OH excluding ortho intramolecular Hbond substituents is 1. The number of piperidine rings is 1. The molecule has 6 nitrogen and oxygen atoms in total. The summed E-state index contributed by atoms with van der Waals surface area (Å²) in [6.07, 6.45) is 3.59. The number of aryl methyl sites for hydroxylation is 2. The van der Waals surface area contributed by atoms with Gasteiger partial charge in [0, 0.05) is 42.0 Å². The first-order valence-electron chi connectivity index (χ1n) is 9.50. The van der Waals surface area contributed by atoms with Crippen LogP contribution in [0.1, 0.15) is 46.3 Å². The van der Waals surface area contributed by atoms with E-state index in [1.54, 1.807) is 24.3 Å². The molecule has 1 aliphatic heterocycles. The van der Waals surface area contributed by atoms with E-state index in [-0.39, 0.29) is 11.7 Å². The van der Waals surface area contributed by atoms with Gasteiger partial charge in [-0.05, 0) is 68.7 Å². The average molecular weight is 377 g/mol. The third-order valence-electron chi connectivity index (χ3n) is 5.42. The number of carbonyl (C=O) groups is 1. The molecule has 1 aromatic carbocycles. The van der Waals surface area contributed by atoms with E-state index in [2.05, 4.69) is 16.2 Å². The van der Waals surface area contributed by atoms with Crippen molar-refractivity contribution in [3.63, 3.8) is 0 Å². The predicted octanol–water partition coefficient (Wildman–Crippen LogP) is 4.08. The number of phenols is 1. The van der Waals surface area contributed by atoms with Crippen LogP contribution in [0.5, 0.6) is 5.75 Å². The SMILES string of the molecule is Cc1noc(C)c1-c1ccnc(C2CCN(C(=O)c3ccc(O)cc3)CC2)c1. The Morgan fingerprint density at radius 2 is 1.86 bits per heavy atom. The first kappa shape index (κ1) is 18.2. The molecule has 0 spiro atoms. The summed E-state index contributed by atoms with van der Waals surface area (Å²) in [6.45, 7) is 5.26. The van der Waals surface area contributed by atoms with Crippen LogP contribution in [0.4, 0.5) is 0 Å². The zero-order valence-electron chi connectivity index (χ0n) is 16.1. The molecule has 144 valence electrons. The summed E-state index contributed by atoms with van der Waals surface area (Å²) in [5, 5.41) is 13.4. The topological polar surface area (TPSA) is 79.5 Å². The van der Waals surface area contributed by atoms with Crippen molar-refractivity contribution in [3.8, 4) is 16.9 Å². The van der Waals surface area contributed by atoms with E-state index in [1.165, 1.54) is 0 Å². The van der Waals surface area contributed by atoms with E-state index in [4.69, 9.17) is 4.52 Å². The number of nitrogens with zero attached hydrogens (tertiary/aromatic N) is 3. The summed E-state index contributed by atoms with van der Waals surface area (Å²) in [4.78, 5) is 19.1. The molecule has 2 aromatic heterocycles. The number of likely N-dealkylation sites (tertiary alicyclic amines) is 1. The van der Waals surface area contributed by atoms with E-state index in [0.717, 1.165) is 41.1 Å². The zero-order valence-corrected chi connectivity index (χ0v) is 16.1. The first-order valence-corrected chi connectivity index (χ1v) is 9.50. The highest BCUT2D eigenvalue weighted by Gasteiger charge is 2.26. The van der Waals surface area contributed by atoms with Gasteiger partial charge in [0.2, 0.25) is 0 Å². The smallest absolute Gasteiger partial charge is 0.253 e. The molecule has 1 fully saturated rings. The molecule has 3 heterocycles. The van der Waals surface area contributed by atoms with Crippen LogP contribution in [0, 0.1) is 13.8 Å². The molecule has 28 heavy (non-hydrogen) atoms. The fourth-order valence-corrected chi connectivity index (χ4v) is 3.89. The summed E-state index contributed by atoms with van der Waals surface area (Å²) in [6, 6.07) is 10.5. The van der Waals surface area contributed by atoms with Crippen LogP contribution in [0.15, 0.2) is 47.1 Å². The largest absolute Gasteiger partial charge is 0.508 e. The van der Waals surface area contributed by atoms with Gasteiger partial charge in [0.15, 0.2) is 0 Å². The van der Waals surface area contributed by atoms with Gasteiger partial charge >= 0.3 is 0 Å². The molecule has 1 N–H and O–H groups in total. The number of benzene rings is 1. The summed E-state index contributed by atoms with van der Waals surface area (Å²) in [5.41, 5.74) is 4.64. The third-order valence-corrected chi connectivity index (χ3v) is 5.42. The van der Waals surface area contributed by atoms with Gasteiger partial charge in [-0.15, -0.1) is 0 Å². The number of aromatic nitrogens is 2. The highest BCUT2D eigenvalue weighted by molar-refractivity contribution is 5.94. The number of pyridine rings is 1. The molecule has 3 aromatic rings. The Morgan fingerprint density at radius 1 is 1.14 bits per heavy atom. The minimum absolute atomic E-state index is 0.0101. The van der Waals surface area contributed by atoms with Gasteiger partial charge in [0.1, 0.15) is 11.5 Å². The van der Waals surface area contributed by atoms with Crippen molar-refractivity contribution in [1.82, 2.24) is 15.0 Å². The van der Waals surface area contributed by atoms with Crippen molar-refractivity contribution < 1.29 is 14.4 Å². The normalized spacial score (nSPS) is 15.0. The molecule has 0 unspecified atom stereocenters. The molecule has 0 radical (unpaired) electrons. The van der Waals surface area contributed by atoms with Crippen LogP contribution in [-0.2, 0) is 0 Å². The Balaban J connectivity index is 1.46. The van der Waals surface area contributed by atoms with Gasteiger partial charge in [0.25, 0.3) is 5.91 Å². The minimum Gasteiger partial charge on any atom is -0.508 e. The Labute approximate surface area is 163 Å². The van der Waals surface area contributed by atoms with Crippen LogP contribution in [-0.4, -0.2) is 39.1 Å². The number of hydrogen-bond donors (Lipinski definition) is 1. The lowest BCUT2D eigenvalue weighted by Gasteiger charge is -2.32. The second-order valence-electron chi connectivity index (χ2n) is 7.28. The summed E-state index contributed by atoms with van der Waals surface area (Å²) in [7, 11) is 0. The molecule has 0 saturated carbocycles. The Bertz CT molecular complexity index is 967. The second kappa shape index (κ2) is 7.46. The lowest BCUT2D eigenvalue weighted by Crippen LogP contribution is -2.38. The standard InChI is InChI=1S/C22H23N3O3/c1-14-21(15(2)28-24-14)18-7-10-23-20(13-18)16-8-11-25(12-9-16)22(27)17-3-5-19(26)6-4-17/h3-7,10,13,16,26H,8-9,11-12H2,1-2H3. The Hall–Kier alpha value is -3.15.